The standard InChI is InChI=1S/C19H26N2/c1-14(21-15(2)18-8-6-7-13-20-18)16-9-11-17(12-10-16)19(3,4)5/h6-15,21H,1-5H3. The highest BCUT2D eigenvalue weighted by atomic mass is 15.0. The van der Waals surface area contributed by atoms with E-state index in [4.69, 9.17) is 0 Å². The van der Waals surface area contributed by atoms with Gasteiger partial charge in [-0.05, 0) is 42.5 Å². The summed E-state index contributed by atoms with van der Waals surface area (Å²) in [5.41, 5.74) is 3.97. The van der Waals surface area contributed by atoms with E-state index in [0.29, 0.717) is 6.04 Å². The largest absolute Gasteiger partial charge is 0.302 e. The summed E-state index contributed by atoms with van der Waals surface area (Å²) in [6.45, 7) is 11.1. The van der Waals surface area contributed by atoms with Gasteiger partial charge in [0, 0.05) is 18.3 Å². The van der Waals surface area contributed by atoms with Crippen LogP contribution in [-0.4, -0.2) is 4.98 Å². The fourth-order valence-corrected chi connectivity index (χ4v) is 2.46. The second-order valence-electron chi connectivity index (χ2n) is 6.74. The first-order chi connectivity index (χ1) is 9.88. The number of aromatic nitrogens is 1. The number of rotatable bonds is 4. The van der Waals surface area contributed by atoms with Crippen LogP contribution < -0.4 is 5.32 Å². The molecular weight excluding hydrogens is 256 g/mol. The molecule has 0 aliphatic carbocycles. The third-order valence-electron chi connectivity index (χ3n) is 3.91. The molecular formula is C19H26N2. The molecule has 0 radical (unpaired) electrons. The molecule has 2 nitrogen and oxygen atoms in total. The maximum absolute atomic E-state index is 4.41. The lowest BCUT2D eigenvalue weighted by Gasteiger charge is -2.22. The van der Waals surface area contributed by atoms with Gasteiger partial charge in [0.05, 0.1) is 5.69 Å². The number of nitrogens with zero attached hydrogens (tertiary/aromatic N) is 1. The first kappa shape index (κ1) is 15.7. The van der Waals surface area contributed by atoms with Gasteiger partial charge < -0.3 is 5.32 Å². The third-order valence-corrected chi connectivity index (χ3v) is 3.91. The molecule has 112 valence electrons. The zero-order chi connectivity index (χ0) is 15.5. The molecule has 0 saturated heterocycles. The molecule has 1 aromatic carbocycles. The molecule has 1 heterocycles. The van der Waals surface area contributed by atoms with Crippen molar-refractivity contribution in [3.63, 3.8) is 0 Å². The fraction of sp³-hybridized carbons (Fsp3) is 0.421. The number of nitrogens with one attached hydrogen (secondary N) is 1. The highest BCUT2D eigenvalue weighted by molar-refractivity contribution is 5.29. The topological polar surface area (TPSA) is 24.9 Å². The summed E-state index contributed by atoms with van der Waals surface area (Å²) < 4.78 is 0. The molecule has 1 N–H and O–H groups in total. The van der Waals surface area contributed by atoms with Crippen molar-refractivity contribution in [3.8, 4) is 0 Å². The van der Waals surface area contributed by atoms with Crippen LogP contribution in [0.4, 0.5) is 0 Å². The molecule has 2 unspecified atom stereocenters. The number of hydrogen-bond acceptors (Lipinski definition) is 2. The summed E-state index contributed by atoms with van der Waals surface area (Å²) in [6, 6.07) is 15.5. The lowest BCUT2D eigenvalue weighted by molar-refractivity contribution is 0.486. The first-order valence-corrected chi connectivity index (χ1v) is 7.65. The second-order valence-corrected chi connectivity index (χ2v) is 6.74. The Kier molecular flexibility index (Phi) is 4.79. The normalized spacial score (nSPS) is 14.7. The summed E-state index contributed by atoms with van der Waals surface area (Å²) in [5.74, 6) is 0. The molecule has 21 heavy (non-hydrogen) atoms. The van der Waals surface area contributed by atoms with Crippen LogP contribution >= 0.6 is 0 Å². The van der Waals surface area contributed by atoms with Crippen LogP contribution in [0.5, 0.6) is 0 Å². The van der Waals surface area contributed by atoms with Crippen molar-refractivity contribution in [1.82, 2.24) is 10.3 Å². The van der Waals surface area contributed by atoms with Gasteiger partial charge >= 0.3 is 0 Å². The Balaban J connectivity index is 2.05. The molecule has 0 spiro atoms. The van der Waals surface area contributed by atoms with Gasteiger partial charge in [-0.25, -0.2) is 0 Å². The third kappa shape index (κ3) is 4.15. The maximum Gasteiger partial charge on any atom is 0.0570 e. The Hall–Kier alpha value is -1.67. The zero-order valence-electron chi connectivity index (χ0n) is 13.7. The van der Waals surface area contributed by atoms with Gasteiger partial charge in [0.15, 0.2) is 0 Å². The van der Waals surface area contributed by atoms with Crippen LogP contribution in [0.2, 0.25) is 0 Å². The van der Waals surface area contributed by atoms with E-state index in [0.717, 1.165) is 5.69 Å². The number of benzene rings is 1. The Morgan fingerprint density at radius 2 is 1.57 bits per heavy atom. The summed E-state index contributed by atoms with van der Waals surface area (Å²) in [4.78, 5) is 4.41. The lowest BCUT2D eigenvalue weighted by Crippen LogP contribution is -2.23. The molecule has 2 aromatic rings. The number of hydrogen-bond donors (Lipinski definition) is 1. The van der Waals surface area contributed by atoms with E-state index in [9.17, 15) is 0 Å². The van der Waals surface area contributed by atoms with Crippen molar-refractivity contribution < 1.29 is 0 Å². The van der Waals surface area contributed by atoms with E-state index < -0.39 is 0 Å². The summed E-state index contributed by atoms with van der Waals surface area (Å²) in [6.07, 6.45) is 1.84. The van der Waals surface area contributed by atoms with Gasteiger partial charge in [0.1, 0.15) is 0 Å². The average molecular weight is 282 g/mol. The number of pyridine rings is 1. The lowest BCUT2D eigenvalue weighted by atomic mass is 9.86. The van der Waals surface area contributed by atoms with Crippen molar-refractivity contribution in [2.75, 3.05) is 0 Å². The van der Waals surface area contributed by atoms with Gasteiger partial charge in [-0.1, -0.05) is 51.1 Å². The van der Waals surface area contributed by atoms with Crippen molar-refractivity contribution in [2.45, 2.75) is 52.1 Å². The zero-order valence-corrected chi connectivity index (χ0v) is 13.7. The minimum atomic E-state index is 0.205. The van der Waals surface area contributed by atoms with E-state index >= 15 is 0 Å². The maximum atomic E-state index is 4.41. The van der Waals surface area contributed by atoms with Gasteiger partial charge in [0.25, 0.3) is 0 Å². The summed E-state index contributed by atoms with van der Waals surface area (Å²) >= 11 is 0. The van der Waals surface area contributed by atoms with Crippen molar-refractivity contribution in [3.05, 3.63) is 65.5 Å². The Bertz CT molecular complexity index is 552. The highest BCUT2D eigenvalue weighted by Crippen LogP contribution is 2.24. The second kappa shape index (κ2) is 6.40. The molecule has 0 amide bonds. The summed E-state index contributed by atoms with van der Waals surface area (Å²) in [7, 11) is 0. The SMILES string of the molecule is CC(NC(C)c1ccccn1)c1ccc(C(C)(C)C)cc1. The molecule has 0 aliphatic rings. The molecule has 2 heteroatoms. The predicted octanol–water partition coefficient (Wildman–Crippen LogP) is 4.79. The van der Waals surface area contributed by atoms with Crippen LogP contribution in [0.15, 0.2) is 48.7 Å². The molecule has 0 bridgehead atoms. The Labute approximate surface area is 128 Å². The van der Waals surface area contributed by atoms with Gasteiger partial charge in [0.2, 0.25) is 0 Å². The van der Waals surface area contributed by atoms with E-state index in [1.165, 1.54) is 11.1 Å². The Morgan fingerprint density at radius 3 is 2.10 bits per heavy atom. The van der Waals surface area contributed by atoms with Crippen LogP contribution in [0.3, 0.4) is 0 Å². The molecule has 1 aromatic heterocycles. The van der Waals surface area contributed by atoms with Crippen molar-refractivity contribution in [1.29, 1.82) is 0 Å². The van der Waals surface area contributed by atoms with Crippen LogP contribution in [0, 0.1) is 0 Å². The average Bonchev–Trinajstić information content (AvgIpc) is 2.47. The highest BCUT2D eigenvalue weighted by Gasteiger charge is 2.15. The van der Waals surface area contributed by atoms with Crippen LogP contribution in [-0.2, 0) is 5.41 Å². The van der Waals surface area contributed by atoms with E-state index in [-0.39, 0.29) is 11.5 Å². The van der Waals surface area contributed by atoms with Gasteiger partial charge in [-0.15, -0.1) is 0 Å². The predicted molar refractivity (Wildman–Crippen MR) is 89.3 cm³/mol. The smallest absolute Gasteiger partial charge is 0.0570 e. The van der Waals surface area contributed by atoms with Crippen LogP contribution in [0.1, 0.15) is 63.5 Å². The van der Waals surface area contributed by atoms with Gasteiger partial charge in [-0.3, -0.25) is 4.98 Å². The molecule has 0 saturated carbocycles. The minimum absolute atomic E-state index is 0.205. The molecule has 0 aliphatic heterocycles. The molecule has 2 rings (SSSR count). The van der Waals surface area contributed by atoms with Crippen molar-refractivity contribution >= 4 is 0 Å². The van der Waals surface area contributed by atoms with Crippen molar-refractivity contribution in [2.24, 2.45) is 0 Å². The molecule has 2 atom stereocenters. The monoisotopic (exact) mass is 282 g/mol. The summed E-state index contributed by atoms with van der Waals surface area (Å²) in [5, 5.41) is 3.61. The van der Waals surface area contributed by atoms with E-state index in [2.05, 4.69) is 75.3 Å². The van der Waals surface area contributed by atoms with E-state index in [1.807, 2.05) is 18.3 Å². The van der Waals surface area contributed by atoms with Crippen LogP contribution in [0.25, 0.3) is 0 Å². The fourth-order valence-electron chi connectivity index (χ4n) is 2.46. The molecule has 0 fully saturated rings. The van der Waals surface area contributed by atoms with E-state index in [1.54, 1.807) is 0 Å². The van der Waals surface area contributed by atoms with Gasteiger partial charge in [-0.2, -0.15) is 0 Å². The first-order valence-electron chi connectivity index (χ1n) is 7.65. The quantitative estimate of drug-likeness (QED) is 0.872. The minimum Gasteiger partial charge on any atom is -0.302 e. The Morgan fingerprint density at radius 1 is 0.905 bits per heavy atom.